The largest absolute Gasteiger partial charge is 0.357 e. The molecule has 0 atom stereocenters. The van der Waals surface area contributed by atoms with Crippen molar-refractivity contribution in [1.82, 2.24) is 9.97 Å². The number of nitrogens with zero attached hydrogens (tertiary/aromatic N) is 4. The third-order valence-corrected chi connectivity index (χ3v) is 2.59. The van der Waals surface area contributed by atoms with E-state index in [-0.39, 0.29) is 17.3 Å². The van der Waals surface area contributed by atoms with Crippen LogP contribution < -0.4 is 10.2 Å². The minimum absolute atomic E-state index is 0.0503. The number of nitro groups is 1. The number of anilines is 3. The first-order valence-electron chi connectivity index (χ1n) is 5.79. The molecule has 0 radical (unpaired) electrons. The molecule has 2 rings (SSSR count). The van der Waals surface area contributed by atoms with Gasteiger partial charge in [-0.15, -0.1) is 0 Å². The van der Waals surface area contributed by atoms with Gasteiger partial charge in [0.1, 0.15) is 18.0 Å². The van der Waals surface area contributed by atoms with Crippen LogP contribution in [0, 0.1) is 21.7 Å². The lowest BCUT2D eigenvalue weighted by Crippen LogP contribution is -2.14. The van der Waals surface area contributed by atoms with Gasteiger partial charge < -0.3 is 10.2 Å². The van der Waals surface area contributed by atoms with Gasteiger partial charge in [-0.05, 0) is 12.1 Å². The maximum absolute atomic E-state index is 13.6. The quantitative estimate of drug-likeness (QED) is 0.689. The predicted molar refractivity (Wildman–Crippen MR) is 72.7 cm³/mol. The molecular weight excluding hydrogens is 284 g/mol. The molecule has 0 aliphatic rings. The molecule has 1 aromatic heterocycles. The fraction of sp³-hybridized carbons (Fsp3) is 0.167. The van der Waals surface area contributed by atoms with E-state index in [2.05, 4.69) is 15.3 Å². The van der Waals surface area contributed by atoms with E-state index >= 15 is 0 Å². The van der Waals surface area contributed by atoms with Gasteiger partial charge in [0.15, 0.2) is 0 Å². The number of benzene rings is 1. The molecule has 0 aliphatic heterocycles. The number of nitrogens with one attached hydrogen (secondary N) is 1. The Morgan fingerprint density at radius 1 is 1.29 bits per heavy atom. The van der Waals surface area contributed by atoms with Gasteiger partial charge in [0.05, 0.1) is 10.6 Å². The Morgan fingerprint density at radius 2 is 2.00 bits per heavy atom. The number of rotatable bonds is 4. The van der Waals surface area contributed by atoms with Crippen LogP contribution in [-0.4, -0.2) is 29.0 Å². The molecule has 1 N–H and O–H groups in total. The van der Waals surface area contributed by atoms with Gasteiger partial charge in [-0.3, -0.25) is 10.1 Å². The Hall–Kier alpha value is -2.84. The molecule has 0 fully saturated rings. The highest BCUT2D eigenvalue weighted by atomic mass is 19.1. The summed E-state index contributed by atoms with van der Waals surface area (Å²) in [6.07, 6.45) is 1.10. The Kier molecular flexibility index (Phi) is 3.92. The summed E-state index contributed by atoms with van der Waals surface area (Å²) in [6, 6.07) is 2.74. The van der Waals surface area contributed by atoms with Crippen molar-refractivity contribution >= 4 is 23.0 Å². The number of aromatic nitrogens is 2. The van der Waals surface area contributed by atoms with Crippen molar-refractivity contribution in [2.24, 2.45) is 0 Å². The van der Waals surface area contributed by atoms with Crippen LogP contribution in [0.25, 0.3) is 0 Å². The van der Waals surface area contributed by atoms with E-state index < -0.39 is 22.2 Å². The number of halogens is 2. The highest BCUT2D eigenvalue weighted by Crippen LogP contribution is 2.33. The Bertz CT molecular complexity index is 693. The second kappa shape index (κ2) is 5.65. The van der Waals surface area contributed by atoms with E-state index in [9.17, 15) is 18.9 Å². The minimum atomic E-state index is -0.754. The van der Waals surface area contributed by atoms with Gasteiger partial charge in [-0.25, -0.2) is 18.7 Å². The molecule has 7 nitrogen and oxygen atoms in total. The van der Waals surface area contributed by atoms with Gasteiger partial charge in [0.2, 0.25) is 11.6 Å². The molecule has 1 aromatic carbocycles. The summed E-state index contributed by atoms with van der Waals surface area (Å²) < 4.78 is 26.7. The standard InChI is InChI=1S/C12H11F2N5O2/c1-18(2)12-10(19(20)21)11(15-6-16-12)17-9-5-7(13)3-4-8(9)14/h3-6H,1-2H3,(H,15,16,17). The molecule has 0 spiro atoms. The average molecular weight is 295 g/mol. The van der Waals surface area contributed by atoms with Crippen LogP contribution in [0.4, 0.5) is 31.8 Å². The molecule has 0 saturated carbocycles. The van der Waals surface area contributed by atoms with E-state index in [1.165, 1.54) is 4.90 Å². The molecule has 9 heteroatoms. The zero-order valence-corrected chi connectivity index (χ0v) is 11.2. The molecule has 0 aliphatic carbocycles. The maximum Gasteiger partial charge on any atom is 0.353 e. The fourth-order valence-electron chi connectivity index (χ4n) is 1.68. The number of hydrogen-bond acceptors (Lipinski definition) is 6. The van der Waals surface area contributed by atoms with E-state index in [1.54, 1.807) is 14.1 Å². The smallest absolute Gasteiger partial charge is 0.353 e. The minimum Gasteiger partial charge on any atom is -0.357 e. The van der Waals surface area contributed by atoms with Crippen LogP contribution in [0.2, 0.25) is 0 Å². The van der Waals surface area contributed by atoms with E-state index in [1.807, 2.05) is 0 Å². The van der Waals surface area contributed by atoms with Crippen molar-refractivity contribution in [3.8, 4) is 0 Å². The first kappa shape index (κ1) is 14.6. The lowest BCUT2D eigenvalue weighted by atomic mass is 10.3. The first-order valence-corrected chi connectivity index (χ1v) is 5.79. The summed E-state index contributed by atoms with van der Waals surface area (Å²) in [6.45, 7) is 0. The Labute approximate surface area is 118 Å². The SMILES string of the molecule is CN(C)c1ncnc(Nc2cc(F)ccc2F)c1[N+](=O)[O-]. The molecule has 2 aromatic rings. The molecule has 21 heavy (non-hydrogen) atoms. The summed E-state index contributed by atoms with van der Waals surface area (Å²) in [5, 5.41) is 13.6. The molecule has 1 heterocycles. The summed E-state index contributed by atoms with van der Waals surface area (Å²) in [5.74, 6) is -1.60. The zero-order chi connectivity index (χ0) is 15.6. The Balaban J connectivity index is 2.51. The highest BCUT2D eigenvalue weighted by Gasteiger charge is 2.25. The van der Waals surface area contributed by atoms with Crippen molar-refractivity contribution in [2.45, 2.75) is 0 Å². The third-order valence-electron chi connectivity index (χ3n) is 2.59. The number of hydrogen-bond donors (Lipinski definition) is 1. The lowest BCUT2D eigenvalue weighted by molar-refractivity contribution is -0.383. The third kappa shape index (κ3) is 3.02. The van der Waals surface area contributed by atoms with Crippen LogP contribution in [0.1, 0.15) is 0 Å². The molecule has 0 amide bonds. The molecule has 0 bridgehead atoms. The normalized spacial score (nSPS) is 10.3. The molecule has 110 valence electrons. The monoisotopic (exact) mass is 295 g/mol. The fourth-order valence-corrected chi connectivity index (χ4v) is 1.68. The zero-order valence-electron chi connectivity index (χ0n) is 11.2. The van der Waals surface area contributed by atoms with Crippen molar-refractivity contribution in [3.63, 3.8) is 0 Å². The van der Waals surface area contributed by atoms with Crippen LogP contribution >= 0.6 is 0 Å². The summed E-state index contributed by atoms with van der Waals surface area (Å²) in [5.41, 5.74) is -0.673. The average Bonchev–Trinajstić information content (AvgIpc) is 2.42. The van der Waals surface area contributed by atoms with E-state index in [0.29, 0.717) is 0 Å². The summed E-state index contributed by atoms with van der Waals surface area (Å²) in [4.78, 5) is 19.5. The second-order valence-corrected chi connectivity index (χ2v) is 4.30. The van der Waals surface area contributed by atoms with Crippen LogP contribution in [-0.2, 0) is 0 Å². The molecular formula is C12H11F2N5O2. The van der Waals surface area contributed by atoms with Crippen LogP contribution in [0.3, 0.4) is 0 Å². The van der Waals surface area contributed by atoms with Crippen molar-refractivity contribution in [2.75, 3.05) is 24.3 Å². The summed E-state index contributed by atoms with van der Waals surface area (Å²) >= 11 is 0. The molecule has 0 saturated heterocycles. The predicted octanol–water partition coefficient (Wildman–Crippen LogP) is 2.47. The van der Waals surface area contributed by atoms with Gasteiger partial charge in [0, 0.05) is 20.2 Å². The molecule has 0 unspecified atom stereocenters. The topological polar surface area (TPSA) is 84.2 Å². The van der Waals surface area contributed by atoms with Crippen LogP contribution in [0.5, 0.6) is 0 Å². The first-order chi connectivity index (χ1) is 9.90. The van der Waals surface area contributed by atoms with Crippen molar-refractivity contribution in [3.05, 3.63) is 46.3 Å². The van der Waals surface area contributed by atoms with Crippen molar-refractivity contribution in [1.29, 1.82) is 0 Å². The summed E-state index contributed by atoms with van der Waals surface area (Å²) in [7, 11) is 3.14. The Morgan fingerprint density at radius 3 is 2.62 bits per heavy atom. The lowest BCUT2D eigenvalue weighted by Gasteiger charge is -2.13. The highest BCUT2D eigenvalue weighted by molar-refractivity contribution is 5.74. The van der Waals surface area contributed by atoms with Gasteiger partial charge in [-0.2, -0.15) is 0 Å². The second-order valence-electron chi connectivity index (χ2n) is 4.30. The maximum atomic E-state index is 13.6. The van der Waals surface area contributed by atoms with Gasteiger partial charge in [-0.1, -0.05) is 0 Å². The van der Waals surface area contributed by atoms with E-state index in [0.717, 1.165) is 24.5 Å². The van der Waals surface area contributed by atoms with E-state index in [4.69, 9.17) is 0 Å². The van der Waals surface area contributed by atoms with Crippen molar-refractivity contribution < 1.29 is 13.7 Å². The van der Waals surface area contributed by atoms with Gasteiger partial charge in [0.25, 0.3) is 0 Å². The van der Waals surface area contributed by atoms with Gasteiger partial charge >= 0.3 is 5.69 Å². The van der Waals surface area contributed by atoms with Crippen LogP contribution in [0.15, 0.2) is 24.5 Å².